The van der Waals surface area contributed by atoms with E-state index in [0.717, 1.165) is 56.9 Å². The lowest BCUT2D eigenvalue weighted by molar-refractivity contribution is -0.290. The first kappa shape index (κ1) is 49.4. The van der Waals surface area contributed by atoms with Gasteiger partial charge in [0.2, 0.25) is 0 Å². The van der Waals surface area contributed by atoms with Crippen molar-refractivity contribution in [2.75, 3.05) is 13.2 Å². The number of aliphatic hydroxyl groups excluding tert-OH is 5. The van der Waals surface area contributed by atoms with Crippen molar-refractivity contribution in [2.45, 2.75) is 208 Å². The van der Waals surface area contributed by atoms with E-state index in [0.29, 0.717) is 31.6 Å². The standard InChI is InChI=1S/C54H83N3O11/c1-4-8-31-10-13-34-39(14-11-31)68-47-42(34)36(60)9-7-20-54(47,67)48(3,64)40-17-22-53(66)43-44(57-26-30(2)59)45(63)35-23-37(61)38(62)25-50(35)24-32(33-12-15-41(55)56-27-33)16-21-51(65,46(43)50)28-52(40,53)49(29-58)18-5-6-19-49/h12,15-16,21,27,30-32,34-42,46-47,56-62,64-67H,4-11,13-14,17-20,22-26,28-29,55H2,1-3H3. The van der Waals surface area contributed by atoms with Gasteiger partial charge < -0.3 is 67.1 Å². The molecule has 14 nitrogen and oxygen atoms in total. The minimum atomic E-state index is -2.02. The van der Waals surface area contributed by atoms with Crippen LogP contribution in [0, 0.1) is 57.7 Å². The Hall–Kier alpha value is -2.21. The fourth-order valence-electron chi connectivity index (χ4n) is 18.3. The maximum Gasteiger partial charge on any atom is 0.182 e. The van der Waals surface area contributed by atoms with Crippen LogP contribution in [0.1, 0.15) is 143 Å². The third kappa shape index (κ3) is 6.98. The van der Waals surface area contributed by atoms with E-state index in [-0.39, 0.29) is 87.2 Å². The average Bonchev–Trinajstić information content (AvgIpc) is 3.93. The summed E-state index contributed by atoms with van der Waals surface area (Å²) in [7, 11) is 0. The number of Topliss-reactive ketones (excluding diaryl/α,β-unsaturated/α-hetero) is 1. The van der Waals surface area contributed by atoms with Gasteiger partial charge in [-0.15, -0.1) is 0 Å². The zero-order valence-electron chi connectivity index (χ0n) is 40.7. The summed E-state index contributed by atoms with van der Waals surface area (Å²) in [6.07, 6.45) is 13.4. The summed E-state index contributed by atoms with van der Waals surface area (Å²) in [5.74, 6) is -3.46. The van der Waals surface area contributed by atoms with Crippen molar-refractivity contribution in [3.8, 4) is 0 Å². The molecule has 380 valence electrons. The van der Waals surface area contributed by atoms with Crippen LogP contribution < -0.4 is 16.4 Å². The van der Waals surface area contributed by atoms with E-state index in [2.05, 4.69) is 17.6 Å². The number of dihydropyridines is 1. The van der Waals surface area contributed by atoms with Crippen LogP contribution in [0.2, 0.25) is 0 Å². The number of allylic oxidation sites excluding steroid dienone is 4. The fourth-order valence-corrected chi connectivity index (χ4v) is 18.3. The number of ether oxygens (including phenoxy) is 1. The second-order valence-corrected chi connectivity index (χ2v) is 24.5. The molecule has 14 heteroatoms. The Morgan fingerprint density at radius 3 is 2.40 bits per heavy atom. The SMILES string of the molecule is CCCC1CCC2OC3C(C(O)CCCC3(O)C(C)(O)C3CCC4(O)C5=C(NCC(C)O)C(=O)C6CC(O)C(O)CC67CC(C6=CNC(N)C=C6)C=CC(O)(CC34C3(CO)CCCC3)C57)C2CC1. The summed E-state index contributed by atoms with van der Waals surface area (Å²) < 4.78 is 7.09. The highest BCUT2D eigenvalue weighted by Gasteiger charge is 2.83. The molecule has 0 aromatic carbocycles. The van der Waals surface area contributed by atoms with Crippen LogP contribution in [0.15, 0.2) is 47.3 Å². The molecule has 0 bridgehead atoms. The number of rotatable bonds is 10. The van der Waals surface area contributed by atoms with Gasteiger partial charge in [-0.05, 0) is 144 Å². The summed E-state index contributed by atoms with van der Waals surface area (Å²) in [4.78, 5) is 15.8. The Morgan fingerprint density at radius 1 is 0.956 bits per heavy atom. The van der Waals surface area contributed by atoms with Crippen molar-refractivity contribution in [2.24, 2.45) is 63.4 Å². The summed E-state index contributed by atoms with van der Waals surface area (Å²) in [6, 6.07) is 0. The van der Waals surface area contributed by atoms with Crippen molar-refractivity contribution >= 4 is 5.78 Å². The van der Waals surface area contributed by atoms with Crippen molar-refractivity contribution in [1.82, 2.24) is 10.6 Å². The van der Waals surface area contributed by atoms with Crippen LogP contribution in [0.4, 0.5) is 0 Å². The zero-order chi connectivity index (χ0) is 48.4. The number of carbonyl (C=O) groups excluding carboxylic acids is 1. The van der Waals surface area contributed by atoms with E-state index >= 15 is 4.79 Å². The van der Waals surface area contributed by atoms with Gasteiger partial charge >= 0.3 is 0 Å². The van der Waals surface area contributed by atoms with Gasteiger partial charge in [0.05, 0.1) is 65.3 Å². The summed E-state index contributed by atoms with van der Waals surface area (Å²) in [5, 5.41) is 122. The molecule has 10 aliphatic rings. The number of nitrogens with one attached hydrogen (secondary N) is 2. The number of hydrogen-bond acceptors (Lipinski definition) is 14. The molecule has 13 N–H and O–H groups in total. The monoisotopic (exact) mass is 950 g/mol. The van der Waals surface area contributed by atoms with Crippen LogP contribution in [-0.2, 0) is 9.53 Å². The number of carbonyl (C=O) groups is 1. The molecule has 2 aliphatic heterocycles. The minimum Gasteiger partial charge on any atom is -0.396 e. The first-order chi connectivity index (χ1) is 32.3. The second kappa shape index (κ2) is 17.5. The van der Waals surface area contributed by atoms with Crippen molar-refractivity contribution < 1.29 is 55.5 Å². The van der Waals surface area contributed by atoms with Gasteiger partial charge in [-0.3, -0.25) is 4.79 Å². The summed E-state index contributed by atoms with van der Waals surface area (Å²) in [5.41, 5.74) is -4.23. The molecule has 2 heterocycles. The minimum absolute atomic E-state index is 0.0000972. The van der Waals surface area contributed by atoms with E-state index in [1.807, 2.05) is 30.5 Å². The van der Waals surface area contributed by atoms with Crippen LogP contribution in [0.5, 0.6) is 0 Å². The first-order valence-corrected chi connectivity index (χ1v) is 26.8. The predicted molar refractivity (Wildman–Crippen MR) is 254 cm³/mol. The fraction of sp³-hybridized carbons (Fsp3) is 0.833. The topological polar surface area (TPSA) is 258 Å². The molecule has 0 amide bonds. The van der Waals surface area contributed by atoms with Crippen LogP contribution in [0.3, 0.4) is 0 Å². The molecule has 0 aromatic rings. The Kier molecular flexibility index (Phi) is 12.7. The molecule has 68 heavy (non-hydrogen) atoms. The highest BCUT2D eigenvalue weighted by molar-refractivity contribution is 6.00. The van der Waals surface area contributed by atoms with E-state index in [1.54, 1.807) is 13.8 Å². The Balaban J connectivity index is 1.19. The van der Waals surface area contributed by atoms with Crippen LogP contribution >= 0.6 is 0 Å². The molecular formula is C54H83N3O11. The molecule has 1 saturated heterocycles. The number of nitrogens with two attached hydrogens (primary N) is 1. The van der Waals surface area contributed by atoms with Crippen molar-refractivity contribution in [1.29, 1.82) is 0 Å². The highest BCUT2D eigenvalue weighted by Crippen LogP contribution is 2.79. The van der Waals surface area contributed by atoms with Crippen molar-refractivity contribution in [3.63, 3.8) is 0 Å². The summed E-state index contributed by atoms with van der Waals surface area (Å²) >= 11 is 0. The second-order valence-electron chi connectivity index (χ2n) is 24.5. The molecule has 20 unspecified atom stereocenters. The molecule has 0 radical (unpaired) electrons. The summed E-state index contributed by atoms with van der Waals surface area (Å²) in [6.45, 7) is 5.06. The smallest absolute Gasteiger partial charge is 0.182 e. The lowest BCUT2D eigenvalue weighted by atomic mass is 9.36. The largest absolute Gasteiger partial charge is 0.396 e. The Labute approximate surface area is 402 Å². The number of fused-ring (bicyclic) bond motifs is 5. The molecule has 0 aromatic heterocycles. The van der Waals surface area contributed by atoms with Gasteiger partial charge in [0, 0.05) is 53.9 Å². The van der Waals surface area contributed by atoms with Gasteiger partial charge in [-0.25, -0.2) is 0 Å². The molecule has 10 rings (SSSR count). The quantitative estimate of drug-likeness (QED) is 0.141. The first-order valence-electron chi connectivity index (χ1n) is 26.8. The number of aliphatic hydroxyl groups is 9. The lowest BCUT2D eigenvalue weighted by Gasteiger charge is -2.70. The predicted octanol–water partition coefficient (Wildman–Crippen LogP) is 3.26. The molecule has 8 aliphatic carbocycles. The zero-order valence-corrected chi connectivity index (χ0v) is 40.7. The number of ketones is 1. The maximum absolute atomic E-state index is 15.8. The van der Waals surface area contributed by atoms with E-state index in [4.69, 9.17) is 10.5 Å². The van der Waals surface area contributed by atoms with Gasteiger partial charge in [-0.1, -0.05) is 57.3 Å². The normalized spacial score (nSPS) is 49.7. The van der Waals surface area contributed by atoms with E-state index < -0.39 is 105 Å². The van der Waals surface area contributed by atoms with Crippen LogP contribution in [-0.4, -0.2) is 130 Å². The molecule has 20 atom stereocenters. The highest BCUT2D eigenvalue weighted by atomic mass is 16.5. The Morgan fingerprint density at radius 2 is 1.71 bits per heavy atom. The maximum atomic E-state index is 15.8. The third-order valence-corrected chi connectivity index (χ3v) is 21.1. The Bertz CT molecular complexity index is 2070. The van der Waals surface area contributed by atoms with Gasteiger partial charge in [0.15, 0.2) is 5.78 Å². The van der Waals surface area contributed by atoms with E-state index in [9.17, 15) is 46.0 Å². The molecular weight excluding hydrogens is 867 g/mol. The van der Waals surface area contributed by atoms with Gasteiger partial charge in [0.1, 0.15) is 5.60 Å². The number of hydrogen-bond donors (Lipinski definition) is 12. The van der Waals surface area contributed by atoms with Crippen molar-refractivity contribution in [3.05, 3.63) is 47.3 Å². The van der Waals surface area contributed by atoms with Gasteiger partial charge in [-0.2, -0.15) is 0 Å². The molecule has 6 saturated carbocycles. The van der Waals surface area contributed by atoms with Crippen LogP contribution in [0.25, 0.3) is 0 Å². The third-order valence-electron chi connectivity index (χ3n) is 21.1. The van der Waals surface area contributed by atoms with Gasteiger partial charge in [0.25, 0.3) is 0 Å². The molecule has 1 spiro atoms. The average molecular weight is 950 g/mol. The molecule has 7 fully saturated rings. The lowest BCUT2D eigenvalue weighted by Crippen LogP contribution is -2.76. The van der Waals surface area contributed by atoms with E-state index in [1.165, 1.54) is 0 Å².